The average molecular weight is 285 g/mol. The molecule has 0 aliphatic heterocycles. The molecular weight excluding hydrogens is 278 g/mol. The fraction of sp³-hybridized carbons (Fsp3) is 0.0833. The Labute approximate surface area is 111 Å². The van der Waals surface area contributed by atoms with Gasteiger partial charge in [0.25, 0.3) is 0 Å². The molecule has 2 rings (SSSR count). The maximum absolute atomic E-state index is 13.4. The first-order chi connectivity index (χ1) is 8.97. The monoisotopic (exact) mass is 284 g/mol. The van der Waals surface area contributed by atoms with Crippen molar-refractivity contribution in [2.24, 2.45) is 0 Å². The lowest BCUT2D eigenvalue weighted by atomic mass is 10.1. The number of halogens is 3. The Hall–Kier alpha value is -2.08. The van der Waals surface area contributed by atoms with Crippen molar-refractivity contribution in [1.82, 2.24) is 9.55 Å². The minimum Gasteiger partial charge on any atom is -0.292 e. The van der Waals surface area contributed by atoms with Crippen molar-refractivity contribution in [3.05, 3.63) is 63.3 Å². The highest BCUT2D eigenvalue weighted by Crippen LogP contribution is 2.11. The number of ketones is 1. The van der Waals surface area contributed by atoms with E-state index in [1.54, 1.807) is 0 Å². The summed E-state index contributed by atoms with van der Waals surface area (Å²) in [6.45, 7) is -0.466. The number of nitrogens with zero attached hydrogens (tertiary/aromatic N) is 2. The van der Waals surface area contributed by atoms with E-state index in [1.165, 1.54) is 6.20 Å². The molecule has 0 spiro atoms. The molecule has 98 valence electrons. The van der Waals surface area contributed by atoms with Crippen LogP contribution in [0, 0.1) is 11.6 Å². The van der Waals surface area contributed by atoms with Crippen LogP contribution in [-0.2, 0) is 6.54 Å². The van der Waals surface area contributed by atoms with Crippen LogP contribution in [-0.4, -0.2) is 15.3 Å². The second-order valence-corrected chi connectivity index (χ2v) is 4.17. The van der Waals surface area contributed by atoms with Gasteiger partial charge in [-0.05, 0) is 18.2 Å². The Bertz CT molecular complexity index is 700. The number of hydrogen-bond acceptors (Lipinski definition) is 3. The molecule has 0 atom stereocenters. The average Bonchev–Trinajstić information content (AvgIpc) is 2.36. The molecule has 0 unspecified atom stereocenters. The number of rotatable bonds is 3. The van der Waals surface area contributed by atoms with Gasteiger partial charge in [0.15, 0.2) is 5.78 Å². The van der Waals surface area contributed by atoms with Crippen LogP contribution in [0.15, 0.2) is 35.4 Å². The lowest BCUT2D eigenvalue weighted by Crippen LogP contribution is -2.26. The SMILES string of the molecule is O=C(Cn1cc(Cl)cnc1=O)c1cc(F)ccc1F. The van der Waals surface area contributed by atoms with Gasteiger partial charge in [0, 0.05) is 6.20 Å². The van der Waals surface area contributed by atoms with Crippen molar-refractivity contribution in [3.63, 3.8) is 0 Å². The lowest BCUT2D eigenvalue weighted by molar-refractivity contribution is 0.0966. The van der Waals surface area contributed by atoms with Gasteiger partial charge in [0.1, 0.15) is 11.6 Å². The predicted octanol–water partition coefficient (Wildman–Crippen LogP) is 2.06. The topological polar surface area (TPSA) is 52.0 Å². The number of aromatic nitrogens is 2. The van der Waals surface area contributed by atoms with Gasteiger partial charge in [-0.25, -0.2) is 18.6 Å². The summed E-state index contributed by atoms with van der Waals surface area (Å²) < 4.78 is 27.3. The number of carbonyl (C=O) groups excluding carboxylic acids is 1. The van der Waals surface area contributed by atoms with Crippen LogP contribution in [0.5, 0.6) is 0 Å². The summed E-state index contributed by atoms with van der Waals surface area (Å²) in [7, 11) is 0. The summed E-state index contributed by atoms with van der Waals surface area (Å²) in [6.07, 6.45) is 2.33. The molecule has 0 bridgehead atoms. The Morgan fingerprint density at radius 3 is 2.84 bits per heavy atom. The van der Waals surface area contributed by atoms with Gasteiger partial charge in [-0.15, -0.1) is 0 Å². The third-order valence-corrected chi connectivity index (χ3v) is 2.56. The normalized spacial score (nSPS) is 10.5. The van der Waals surface area contributed by atoms with Crippen molar-refractivity contribution in [2.45, 2.75) is 6.54 Å². The zero-order chi connectivity index (χ0) is 14.0. The summed E-state index contributed by atoms with van der Waals surface area (Å²) in [6, 6.07) is 2.53. The minimum absolute atomic E-state index is 0.159. The molecular formula is C12H7ClF2N2O2. The summed E-state index contributed by atoms with van der Waals surface area (Å²) in [4.78, 5) is 26.6. The van der Waals surface area contributed by atoms with Gasteiger partial charge in [-0.3, -0.25) is 9.36 Å². The van der Waals surface area contributed by atoms with E-state index in [0.717, 1.165) is 29.0 Å². The highest BCUT2D eigenvalue weighted by molar-refractivity contribution is 6.30. The molecule has 0 N–H and O–H groups in total. The minimum atomic E-state index is -0.852. The van der Waals surface area contributed by atoms with Crippen LogP contribution in [0.1, 0.15) is 10.4 Å². The van der Waals surface area contributed by atoms with Crippen LogP contribution in [0.4, 0.5) is 8.78 Å². The van der Waals surface area contributed by atoms with Gasteiger partial charge < -0.3 is 0 Å². The maximum atomic E-state index is 13.4. The van der Waals surface area contributed by atoms with Crippen molar-refractivity contribution < 1.29 is 13.6 Å². The quantitative estimate of drug-likeness (QED) is 0.811. The number of benzene rings is 1. The molecule has 1 aromatic carbocycles. The molecule has 1 aromatic heterocycles. The van der Waals surface area contributed by atoms with E-state index in [0.29, 0.717) is 0 Å². The molecule has 4 nitrogen and oxygen atoms in total. The van der Waals surface area contributed by atoms with Crippen molar-refractivity contribution >= 4 is 17.4 Å². The fourth-order valence-corrected chi connectivity index (χ4v) is 1.66. The molecule has 0 radical (unpaired) electrons. The van der Waals surface area contributed by atoms with Crippen LogP contribution < -0.4 is 5.69 Å². The first kappa shape index (κ1) is 13.4. The standard InChI is InChI=1S/C12H7ClF2N2O2/c13-7-4-16-12(19)17(5-7)6-11(18)9-3-8(14)1-2-10(9)15/h1-5H,6H2. The highest BCUT2D eigenvalue weighted by atomic mass is 35.5. The number of Topliss-reactive ketones (excluding diaryl/α,β-unsaturated/α-hetero) is 1. The van der Waals surface area contributed by atoms with Crippen molar-refractivity contribution in [2.75, 3.05) is 0 Å². The maximum Gasteiger partial charge on any atom is 0.348 e. The molecule has 19 heavy (non-hydrogen) atoms. The molecule has 0 aliphatic carbocycles. The largest absolute Gasteiger partial charge is 0.348 e. The third kappa shape index (κ3) is 3.03. The molecule has 0 saturated heterocycles. The third-order valence-electron chi connectivity index (χ3n) is 2.37. The smallest absolute Gasteiger partial charge is 0.292 e. The van der Waals surface area contributed by atoms with Gasteiger partial charge in [-0.1, -0.05) is 11.6 Å². The van der Waals surface area contributed by atoms with Gasteiger partial charge in [-0.2, -0.15) is 0 Å². The molecule has 0 fully saturated rings. The van der Waals surface area contributed by atoms with Crippen LogP contribution in [0.3, 0.4) is 0 Å². The molecule has 0 amide bonds. The van der Waals surface area contributed by atoms with E-state index in [-0.39, 0.29) is 5.02 Å². The van der Waals surface area contributed by atoms with Crippen LogP contribution in [0.2, 0.25) is 5.02 Å². The number of hydrogen-bond donors (Lipinski definition) is 0. The van der Waals surface area contributed by atoms with Gasteiger partial charge in [0.05, 0.1) is 23.3 Å². The second-order valence-electron chi connectivity index (χ2n) is 3.73. The van der Waals surface area contributed by atoms with Crippen molar-refractivity contribution in [1.29, 1.82) is 0 Å². The molecule has 2 aromatic rings. The first-order valence-corrected chi connectivity index (χ1v) is 5.55. The molecule has 0 saturated carbocycles. The Morgan fingerprint density at radius 2 is 2.11 bits per heavy atom. The van der Waals surface area contributed by atoms with Crippen LogP contribution in [0.25, 0.3) is 0 Å². The summed E-state index contributed by atoms with van der Waals surface area (Å²) >= 11 is 5.64. The zero-order valence-electron chi connectivity index (χ0n) is 9.44. The summed E-state index contributed by atoms with van der Waals surface area (Å²) in [5.74, 6) is -2.33. The Morgan fingerprint density at radius 1 is 1.37 bits per heavy atom. The molecule has 0 aliphatic rings. The van der Waals surface area contributed by atoms with E-state index < -0.39 is 35.2 Å². The fourth-order valence-electron chi connectivity index (χ4n) is 1.49. The lowest BCUT2D eigenvalue weighted by Gasteiger charge is -2.05. The zero-order valence-corrected chi connectivity index (χ0v) is 10.2. The molecule has 7 heteroatoms. The Balaban J connectivity index is 2.33. The summed E-state index contributed by atoms with van der Waals surface area (Å²) in [5, 5.41) is 0.159. The van der Waals surface area contributed by atoms with E-state index in [9.17, 15) is 18.4 Å². The second kappa shape index (κ2) is 5.27. The van der Waals surface area contributed by atoms with Gasteiger partial charge >= 0.3 is 5.69 Å². The predicted molar refractivity (Wildman–Crippen MR) is 64.2 cm³/mol. The van der Waals surface area contributed by atoms with E-state index in [2.05, 4.69) is 4.98 Å². The van der Waals surface area contributed by atoms with E-state index in [1.807, 2.05) is 0 Å². The Kier molecular flexibility index (Phi) is 3.71. The van der Waals surface area contributed by atoms with E-state index in [4.69, 9.17) is 11.6 Å². The summed E-state index contributed by atoms with van der Waals surface area (Å²) in [5.41, 5.74) is -1.12. The molecule has 1 heterocycles. The van der Waals surface area contributed by atoms with Crippen molar-refractivity contribution in [3.8, 4) is 0 Å². The highest BCUT2D eigenvalue weighted by Gasteiger charge is 2.14. The van der Waals surface area contributed by atoms with E-state index >= 15 is 0 Å². The first-order valence-electron chi connectivity index (χ1n) is 5.17. The van der Waals surface area contributed by atoms with Crippen LogP contribution >= 0.6 is 11.6 Å². The van der Waals surface area contributed by atoms with Gasteiger partial charge in [0.2, 0.25) is 0 Å². The number of carbonyl (C=O) groups is 1.